The smallest absolute Gasteiger partial charge is 0.221 e. The van der Waals surface area contributed by atoms with Crippen LogP contribution in [0.2, 0.25) is 0 Å². The van der Waals surface area contributed by atoms with Gasteiger partial charge in [-0.1, -0.05) is 12.1 Å². The first-order valence-corrected chi connectivity index (χ1v) is 5.74. The van der Waals surface area contributed by atoms with Gasteiger partial charge in [-0.15, -0.1) is 0 Å². The van der Waals surface area contributed by atoms with Crippen LogP contribution in [0.1, 0.15) is 18.6 Å². The minimum absolute atomic E-state index is 0.162. The quantitative estimate of drug-likeness (QED) is 0.789. The molecule has 0 heterocycles. The molecular formula is C11H15BrN2O2. The molecule has 0 saturated heterocycles. The second-order valence-electron chi connectivity index (χ2n) is 3.46. The number of carbonyl (C=O) groups is 1. The second-order valence-corrected chi connectivity index (χ2v) is 4.31. The first-order chi connectivity index (χ1) is 7.56. The Labute approximate surface area is 103 Å². The highest BCUT2D eigenvalue weighted by Crippen LogP contribution is 2.30. The van der Waals surface area contributed by atoms with E-state index in [0.29, 0.717) is 17.8 Å². The molecule has 4 nitrogen and oxygen atoms in total. The zero-order valence-corrected chi connectivity index (χ0v) is 10.8. The molecule has 88 valence electrons. The number of carbonyl (C=O) groups excluding carboxylic acids is 1. The molecule has 0 saturated carbocycles. The maximum atomic E-state index is 11.1. The molecular weight excluding hydrogens is 272 g/mol. The molecule has 0 fully saturated rings. The number of benzene rings is 1. The minimum Gasteiger partial charge on any atom is -0.387 e. The molecule has 0 bridgehead atoms. The first-order valence-electron chi connectivity index (χ1n) is 4.95. The van der Waals surface area contributed by atoms with Crippen LogP contribution in [0.25, 0.3) is 0 Å². The Balaban J connectivity index is 3.06. The monoisotopic (exact) mass is 286 g/mol. The molecule has 0 aliphatic rings. The van der Waals surface area contributed by atoms with E-state index in [9.17, 15) is 9.90 Å². The van der Waals surface area contributed by atoms with Crippen molar-refractivity contribution in [2.45, 2.75) is 13.0 Å². The van der Waals surface area contributed by atoms with Gasteiger partial charge in [-0.2, -0.15) is 0 Å². The van der Waals surface area contributed by atoms with Crippen LogP contribution in [0.3, 0.4) is 0 Å². The summed E-state index contributed by atoms with van der Waals surface area (Å²) in [7, 11) is 1.76. The van der Waals surface area contributed by atoms with E-state index in [0.717, 1.165) is 4.47 Å². The van der Waals surface area contributed by atoms with E-state index < -0.39 is 6.10 Å². The largest absolute Gasteiger partial charge is 0.387 e. The Bertz CT molecular complexity index is 382. The standard InChI is InChI=1S/C11H15BrN2O2/c1-7(15)14-11-8(10(16)6-13-2)4-3-5-9(11)12/h3-5,10,13,16H,6H2,1-2H3,(H,14,15). The summed E-state index contributed by atoms with van der Waals surface area (Å²) < 4.78 is 0.760. The first kappa shape index (κ1) is 13.2. The van der Waals surface area contributed by atoms with Crippen LogP contribution in [0.4, 0.5) is 5.69 Å². The Hall–Kier alpha value is -0.910. The lowest BCUT2D eigenvalue weighted by molar-refractivity contribution is -0.114. The van der Waals surface area contributed by atoms with Gasteiger partial charge in [0.2, 0.25) is 5.91 Å². The summed E-state index contributed by atoms with van der Waals surface area (Å²) in [5, 5.41) is 15.5. The molecule has 1 atom stereocenters. The van der Waals surface area contributed by atoms with Gasteiger partial charge in [-0.25, -0.2) is 0 Å². The zero-order chi connectivity index (χ0) is 12.1. The maximum absolute atomic E-state index is 11.1. The van der Waals surface area contributed by atoms with Gasteiger partial charge in [-0.3, -0.25) is 4.79 Å². The van der Waals surface area contributed by atoms with Gasteiger partial charge in [0.25, 0.3) is 0 Å². The lowest BCUT2D eigenvalue weighted by Gasteiger charge is -2.16. The van der Waals surface area contributed by atoms with Crippen molar-refractivity contribution in [1.82, 2.24) is 5.32 Å². The minimum atomic E-state index is -0.649. The Morgan fingerprint density at radius 1 is 1.56 bits per heavy atom. The van der Waals surface area contributed by atoms with Crippen LogP contribution in [-0.2, 0) is 4.79 Å². The van der Waals surface area contributed by atoms with Crippen molar-refractivity contribution >= 4 is 27.5 Å². The van der Waals surface area contributed by atoms with Gasteiger partial charge in [0.15, 0.2) is 0 Å². The van der Waals surface area contributed by atoms with E-state index in [-0.39, 0.29) is 5.91 Å². The highest BCUT2D eigenvalue weighted by molar-refractivity contribution is 9.10. The van der Waals surface area contributed by atoms with E-state index >= 15 is 0 Å². The average molecular weight is 287 g/mol. The van der Waals surface area contributed by atoms with E-state index in [4.69, 9.17) is 0 Å². The van der Waals surface area contributed by atoms with Gasteiger partial charge < -0.3 is 15.7 Å². The number of likely N-dealkylation sites (N-methyl/N-ethyl adjacent to an activating group) is 1. The van der Waals surface area contributed by atoms with Gasteiger partial charge in [-0.05, 0) is 29.0 Å². The molecule has 5 heteroatoms. The number of rotatable bonds is 4. The van der Waals surface area contributed by atoms with Crippen molar-refractivity contribution in [3.8, 4) is 0 Å². The van der Waals surface area contributed by atoms with Gasteiger partial charge >= 0.3 is 0 Å². The van der Waals surface area contributed by atoms with Crippen molar-refractivity contribution in [2.24, 2.45) is 0 Å². The molecule has 16 heavy (non-hydrogen) atoms. The molecule has 3 N–H and O–H groups in total. The topological polar surface area (TPSA) is 61.4 Å². The van der Waals surface area contributed by atoms with Crippen molar-refractivity contribution in [2.75, 3.05) is 18.9 Å². The third-order valence-corrected chi connectivity index (χ3v) is 2.76. The third-order valence-electron chi connectivity index (χ3n) is 2.10. The maximum Gasteiger partial charge on any atom is 0.221 e. The second kappa shape index (κ2) is 5.98. The Kier molecular flexibility index (Phi) is 4.92. The number of amides is 1. The summed E-state index contributed by atoms with van der Waals surface area (Å²) in [4.78, 5) is 11.1. The van der Waals surface area contributed by atoms with E-state index in [1.807, 2.05) is 12.1 Å². The highest BCUT2D eigenvalue weighted by atomic mass is 79.9. The summed E-state index contributed by atoms with van der Waals surface area (Å²) in [5.41, 5.74) is 1.32. The fourth-order valence-electron chi connectivity index (χ4n) is 1.43. The fraction of sp³-hybridized carbons (Fsp3) is 0.364. The summed E-state index contributed by atoms with van der Waals surface area (Å²) in [6.45, 7) is 1.87. The van der Waals surface area contributed by atoms with E-state index in [1.165, 1.54) is 6.92 Å². The number of hydrogen-bond acceptors (Lipinski definition) is 3. The Morgan fingerprint density at radius 3 is 2.81 bits per heavy atom. The zero-order valence-electron chi connectivity index (χ0n) is 9.25. The van der Waals surface area contributed by atoms with E-state index in [1.54, 1.807) is 13.1 Å². The third kappa shape index (κ3) is 3.30. The number of nitrogens with one attached hydrogen (secondary N) is 2. The van der Waals surface area contributed by atoms with Gasteiger partial charge in [0.1, 0.15) is 0 Å². The summed E-state index contributed by atoms with van der Waals surface area (Å²) in [6, 6.07) is 5.43. The molecule has 0 aliphatic carbocycles. The van der Waals surface area contributed by atoms with Gasteiger partial charge in [0.05, 0.1) is 11.8 Å². The molecule has 1 aromatic carbocycles. The van der Waals surface area contributed by atoms with Crippen LogP contribution in [0.15, 0.2) is 22.7 Å². The van der Waals surface area contributed by atoms with Crippen LogP contribution in [-0.4, -0.2) is 24.6 Å². The van der Waals surface area contributed by atoms with Crippen molar-refractivity contribution in [1.29, 1.82) is 0 Å². The van der Waals surface area contributed by atoms with Crippen LogP contribution in [0, 0.1) is 0 Å². The van der Waals surface area contributed by atoms with Crippen LogP contribution >= 0.6 is 15.9 Å². The van der Waals surface area contributed by atoms with Crippen LogP contribution in [0.5, 0.6) is 0 Å². The molecule has 0 spiro atoms. The average Bonchev–Trinajstić information content (AvgIpc) is 2.20. The number of aliphatic hydroxyl groups excluding tert-OH is 1. The van der Waals surface area contributed by atoms with Crippen molar-refractivity contribution in [3.05, 3.63) is 28.2 Å². The Morgan fingerprint density at radius 2 is 2.25 bits per heavy atom. The van der Waals surface area contributed by atoms with Crippen LogP contribution < -0.4 is 10.6 Å². The SMILES string of the molecule is CNCC(O)c1cccc(Br)c1NC(C)=O. The molecule has 1 unspecified atom stereocenters. The summed E-state index contributed by atoms with van der Waals surface area (Å²) in [5.74, 6) is -0.162. The lowest BCUT2D eigenvalue weighted by Crippen LogP contribution is -2.19. The number of halogens is 1. The van der Waals surface area contributed by atoms with E-state index in [2.05, 4.69) is 26.6 Å². The number of aliphatic hydroxyl groups is 1. The number of hydrogen-bond donors (Lipinski definition) is 3. The summed E-state index contributed by atoms with van der Waals surface area (Å²) in [6.07, 6.45) is -0.649. The number of anilines is 1. The molecule has 1 aromatic rings. The molecule has 1 amide bonds. The van der Waals surface area contributed by atoms with Crippen molar-refractivity contribution in [3.63, 3.8) is 0 Å². The molecule has 0 aliphatic heterocycles. The lowest BCUT2D eigenvalue weighted by atomic mass is 10.1. The molecule has 0 radical (unpaired) electrons. The predicted octanol–water partition coefficient (Wildman–Crippen LogP) is 1.66. The fourth-order valence-corrected chi connectivity index (χ4v) is 1.91. The molecule has 0 aromatic heterocycles. The summed E-state index contributed by atoms with van der Waals surface area (Å²) >= 11 is 3.35. The molecule has 1 rings (SSSR count). The highest BCUT2D eigenvalue weighted by Gasteiger charge is 2.14. The van der Waals surface area contributed by atoms with Crippen molar-refractivity contribution < 1.29 is 9.90 Å². The predicted molar refractivity (Wildman–Crippen MR) is 67.3 cm³/mol. The normalized spacial score (nSPS) is 12.2. The number of para-hydroxylation sites is 1. The van der Waals surface area contributed by atoms with Gasteiger partial charge in [0, 0.05) is 23.5 Å².